The lowest BCUT2D eigenvalue weighted by Gasteiger charge is -2.34. The molecule has 1 fully saturated rings. The normalized spacial score (nSPS) is 16.3. The molecule has 1 heterocycles. The largest absolute Gasteiger partial charge is 0.497 e. The van der Waals surface area contributed by atoms with Crippen molar-refractivity contribution in [2.24, 2.45) is 0 Å². The maximum atomic E-state index is 12.4. The molecule has 0 aliphatic carbocycles. The predicted octanol–water partition coefficient (Wildman–Crippen LogP) is 0.429. The number of carbonyl (C=O) groups is 1. The molecule has 128 valence electrons. The molecule has 0 atom stereocenters. The van der Waals surface area contributed by atoms with Crippen LogP contribution in [-0.2, 0) is 14.8 Å². The molecule has 0 N–H and O–H groups in total. The third-order valence-corrected chi connectivity index (χ3v) is 5.64. The van der Waals surface area contributed by atoms with Gasteiger partial charge in [-0.25, -0.2) is 8.42 Å². The van der Waals surface area contributed by atoms with Crippen LogP contribution in [0.2, 0.25) is 0 Å². The Balaban J connectivity index is 1.94. The number of carbonyl (C=O) groups excluding carboxylic acids is 1. The summed E-state index contributed by atoms with van der Waals surface area (Å²) in [6.07, 6.45) is 0. The third-order valence-electron chi connectivity index (χ3n) is 3.80. The third kappa shape index (κ3) is 4.43. The van der Waals surface area contributed by atoms with E-state index in [-0.39, 0.29) is 18.3 Å². The summed E-state index contributed by atoms with van der Waals surface area (Å²) in [7, 11) is -0.272. The zero-order chi connectivity index (χ0) is 16.9. The van der Waals surface area contributed by atoms with Crippen molar-refractivity contribution >= 4 is 15.9 Å². The summed E-state index contributed by atoms with van der Waals surface area (Å²) in [5, 5.41) is 0. The van der Waals surface area contributed by atoms with Gasteiger partial charge in [-0.1, -0.05) is 0 Å². The highest BCUT2D eigenvalue weighted by atomic mass is 32.2. The molecule has 0 aromatic heterocycles. The summed E-state index contributed by atoms with van der Waals surface area (Å²) in [4.78, 5) is 14.1. The summed E-state index contributed by atoms with van der Waals surface area (Å²) < 4.78 is 35.5. The van der Waals surface area contributed by atoms with Crippen molar-refractivity contribution in [3.63, 3.8) is 0 Å². The number of sulfonamides is 1. The van der Waals surface area contributed by atoms with Crippen LogP contribution in [0.4, 0.5) is 0 Å². The molecule has 8 heteroatoms. The Morgan fingerprint density at radius 3 is 2.22 bits per heavy atom. The number of piperazine rings is 1. The van der Waals surface area contributed by atoms with Crippen LogP contribution >= 0.6 is 0 Å². The Morgan fingerprint density at radius 1 is 1.09 bits per heavy atom. The van der Waals surface area contributed by atoms with Crippen LogP contribution in [0.15, 0.2) is 24.3 Å². The van der Waals surface area contributed by atoms with Gasteiger partial charge in [0, 0.05) is 38.9 Å². The van der Waals surface area contributed by atoms with Crippen molar-refractivity contribution in [1.82, 2.24) is 9.21 Å². The number of hydrogen-bond acceptors (Lipinski definition) is 5. The second kappa shape index (κ2) is 7.76. The van der Waals surface area contributed by atoms with Crippen LogP contribution in [0.3, 0.4) is 0 Å². The van der Waals surface area contributed by atoms with Gasteiger partial charge in [-0.2, -0.15) is 4.31 Å². The van der Waals surface area contributed by atoms with Gasteiger partial charge < -0.3 is 14.4 Å². The first-order valence-corrected chi connectivity index (χ1v) is 8.99. The minimum absolute atomic E-state index is 0.0318. The van der Waals surface area contributed by atoms with Gasteiger partial charge in [0.2, 0.25) is 10.0 Å². The van der Waals surface area contributed by atoms with Crippen LogP contribution in [0.25, 0.3) is 0 Å². The quantitative estimate of drug-likeness (QED) is 0.749. The van der Waals surface area contributed by atoms with E-state index in [1.165, 1.54) is 11.4 Å². The zero-order valence-corrected chi connectivity index (χ0v) is 14.2. The number of hydrogen-bond donors (Lipinski definition) is 0. The van der Waals surface area contributed by atoms with Gasteiger partial charge >= 0.3 is 0 Å². The fourth-order valence-corrected chi connectivity index (χ4v) is 3.76. The summed E-state index contributed by atoms with van der Waals surface area (Å²) in [6.45, 7) is 1.57. The Morgan fingerprint density at radius 2 is 1.70 bits per heavy atom. The van der Waals surface area contributed by atoms with E-state index >= 15 is 0 Å². The molecule has 1 aromatic carbocycles. The fourth-order valence-electron chi connectivity index (χ4n) is 2.40. The average Bonchev–Trinajstić information content (AvgIpc) is 2.59. The van der Waals surface area contributed by atoms with E-state index in [2.05, 4.69) is 0 Å². The van der Waals surface area contributed by atoms with Gasteiger partial charge in [0.25, 0.3) is 5.91 Å². The average molecular weight is 342 g/mol. The number of ether oxygens (including phenoxy) is 2. The SMILES string of the molecule is COCCS(=O)(=O)N1CCN(C(=O)c2ccc(OC)cc2)CC1. The second-order valence-electron chi connectivity index (χ2n) is 5.23. The number of methoxy groups -OCH3 is 2. The van der Waals surface area contributed by atoms with Crippen LogP contribution in [0, 0.1) is 0 Å². The van der Waals surface area contributed by atoms with Crippen LogP contribution in [0.1, 0.15) is 10.4 Å². The molecular weight excluding hydrogens is 320 g/mol. The van der Waals surface area contributed by atoms with E-state index in [9.17, 15) is 13.2 Å². The van der Waals surface area contributed by atoms with E-state index in [4.69, 9.17) is 9.47 Å². The monoisotopic (exact) mass is 342 g/mol. The van der Waals surface area contributed by atoms with Crippen molar-refractivity contribution in [3.8, 4) is 5.75 Å². The van der Waals surface area contributed by atoms with Crippen LogP contribution < -0.4 is 4.74 Å². The molecule has 0 saturated carbocycles. The summed E-state index contributed by atoms with van der Waals surface area (Å²) in [6, 6.07) is 6.89. The number of amides is 1. The highest BCUT2D eigenvalue weighted by Crippen LogP contribution is 2.15. The molecule has 0 radical (unpaired) electrons. The van der Waals surface area contributed by atoms with Gasteiger partial charge in [-0.3, -0.25) is 4.79 Å². The first-order valence-electron chi connectivity index (χ1n) is 7.38. The Hall–Kier alpha value is -1.64. The molecule has 0 spiro atoms. The van der Waals surface area contributed by atoms with Crippen molar-refractivity contribution in [1.29, 1.82) is 0 Å². The molecule has 1 saturated heterocycles. The van der Waals surface area contributed by atoms with E-state index < -0.39 is 10.0 Å². The maximum Gasteiger partial charge on any atom is 0.253 e. The minimum Gasteiger partial charge on any atom is -0.497 e. The van der Waals surface area contributed by atoms with Gasteiger partial charge in [0.15, 0.2) is 0 Å². The van der Waals surface area contributed by atoms with E-state index in [1.54, 1.807) is 36.3 Å². The first kappa shape index (κ1) is 17.7. The maximum absolute atomic E-state index is 12.4. The highest BCUT2D eigenvalue weighted by molar-refractivity contribution is 7.89. The lowest BCUT2D eigenvalue weighted by atomic mass is 10.2. The number of rotatable bonds is 6. The second-order valence-corrected chi connectivity index (χ2v) is 7.32. The Labute approximate surface area is 136 Å². The standard InChI is InChI=1S/C15H22N2O5S/c1-21-11-12-23(19,20)17-9-7-16(8-10-17)15(18)13-3-5-14(22-2)6-4-13/h3-6H,7-12H2,1-2H3. The molecule has 1 aliphatic heterocycles. The fraction of sp³-hybridized carbons (Fsp3) is 0.533. The van der Waals surface area contributed by atoms with E-state index in [0.717, 1.165) is 0 Å². The van der Waals surface area contributed by atoms with Gasteiger partial charge in [-0.05, 0) is 24.3 Å². The lowest BCUT2D eigenvalue weighted by Crippen LogP contribution is -2.51. The molecular formula is C15H22N2O5S. The van der Waals surface area contributed by atoms with Crippen molar-refractivity contribution in [2.45, 2.75) is 0 Å². The summed E-state index contributed by atoms with van der Waals surface area (Å²) >= 11 is 0. The molecule has 0 bridgehead atoms. The van der Waals surface area contributed by atoms with Crippen LogP contribution in [-0.4, -0.2) is 76.3 Å². The molecule has 1 amide bonds. The Bertz CT molecular complexity index is 622. The highest BCUT2D eigenvalue weighted by Gasteiger charge is 2.28. The molecule has 2 rings (SSSR count). The van der Waals surface area contributed by atoms with E-state index in [0.29, 0.717) is 37.5 Å². The topological polar surface area (TPSA) is 76.2 Å². The first-order chi connectivity index (χ1) is 11.0. The summed E-state index contributed by atoms with van der Waals surface area (Å²) in [5.41, 5.74) is 0.571. The van der Waals surface area contributed by atoms with Gasteiger partial charge in [-0.15, -0.1) is 0 Å². The van der Waals surface area contributed by atoms with Gasteiger partial charge in [0.1, 0.15) is 5.75 Å². The molecule has 7 nitrogen and oxygen atoms in total. The Kier molecular flexibility index (Phi) is 5.97. The molecule has 1 aliphatic rings. The summed E-state index contributed by atoms with van der Waals surface area (Å²) in [5.74, 6) is 0.563. The molecule has 1 aromatic rings. The van der Waals surface area contributed by atoms with Crippen molar-refractivity contribution in [3.05, 3.63) is 29.8 Å². The minimum atomic E-state index is -3.31. The van der Waals surface area contributed by atoms with Crippen molar-refractivity contribution in [2.75, 3.05) is 52.8 Å². The predicted molar refractivity (Wildman–Crippen MR) is 86.1 cm³/mol. The molecule has 0 unspecified atom stereocenters. The zero-order valence-electron chi connectivity index (χ0n) is 13.4. The molecule has 23 heavy (non-hydrogen) atoms. The number of benzene rings is 1. The van der Waals surface area contributed by atoms with Crippen molar-refractivity contribution < 1.29 is 22.7 Å². The van der Waals surface area contributed by atoms with Crippen LogP contribution in [0.5, 0.6) is 5.75 Å². The van der Waals surface area contributed by atoms with E-state index in [1.807, 2.05) is 0 Å². The number of nitrogens with zero attached hydrogens (tertiary/aromatic N) is 2. The van der Waals surface area contributed by atoms with Gasteiger partial charge in [0.05, 0.1) is 19.5 Å². The smallest absolute Gasteiger partial charge is 0.253 e. The lowest BCUT2D eigenvalue weighted by molar-refractivity contribution is 0.0697.